The summed E-state index contributed by atoms with van der Waals surface area (Å²) in [7, 11) is -3.40. The summed E-state index contributed by atoms with van der Waals surface area (Å²) in [5.74, 6) is -0.491. The van der Waals surface area contributed by atoms with Crippen molar-refractivity contribution < 1.29 is 45.4 Å². The fraction of sp³-hybridized carbons (Fsp3) is 0.276. The van der Waals surface area contributed by atoms with Gasteiger partial charge in [-0.1, -0.05) is 30.4 Å². The Hall–Kier alpha value is -3.92. The molecular formula is C29H27F4N3O6S2. The molecule has 2 heterocycles. The van der Waals surface area contributed by atoms with Crippen molar-refractivity contribution in [2.45, 2.75) is 30.6 Å². The van der Waals surface area contributed by atoms with Crippen molar-refractivity contribution in [3.8, 4) is 22.3 Å². The third-order valence-electron chi connectivity index (χ3n) is 6.30. The number of aliphatic hydroxyl groups is 1. The van der Waals surface area contributed by atoms with Crippen LogP contribution in [0.15, 0.2) is 71.8 Å². The number of nitrogens with one attached hydrogen (secondary N) is 1. The maximum atomic E-state index is 12.9. The number of nitrogens with zero attached hydrogens (tertiary/aromatic N) is 2. The molecule has 2 aromatic heterocycles. The summed E-state index contributed by atoms with van der Waals surface area (Å²) < 4.78 is 86.3. The summed E-state index contributed by atoms with van der Waals surface area (Å²) in [6, 6.07) is 12.1. The Morgan fingerprint density at radius 3 is 2.34 bits per heavy atom. The molecule has 0 bridgehead atoms. The molecule has 234 valence electrons. The van der Waals surface area contributed by atoms with E-state index < -0.39 is 46.8 Å². The Bertz CT molecular complexity index is 1660. The lowest BCUT2D eigenvalue weighted by Gasteiger charge is -2.17. The van der Waals surface area contributed by atoms with Gasteiger partial charge in [-0.05, 0) is 54.1 Å². The molecule has 2 N–H and O–H groups in total. The largest absolute Gasteiger partial charge is 0.431 e. The van der Waals surface area contributed by atoms with E-state index in [9.17, 15) is 35.9 Å². The van der Waals surface area contributed by atoms with E-state index in [1.165, 1.54) is 49.5 Å². The van der Waals surface area contributed by atoms with Gasteiger partial charge in [0, 0.05) is 6.20 Å². The van der Waals surface area contributed by atoms with Crippen LogP contribution in [-0.4, -0.2) is 55.0 Å². The summed E-state index contributed by atoms with van der Waals surface area (Å²) in [5, 5.41) is 12.6. The maximum Gasteiger partial charge on any atom is 0.416 e. The Balaban J connectivity index is 1.50. The summed E-state index contributed by atoms with van der Waals surface area (Å²) in [5.41, 5.74) is 0.470. The first-order chi connectivity index (χ1) is 20.9. The molecule has 0 fully saturated rings. The predicted octanol–water partition coefficient (Wildman–Crippen LogP) is 5.76. The smallest absolute Gasteiger partial charge is 0.416 e. The average Bonchev–Trinajstić information content (AvgIpc) is 3.42. The number of aromatic nitrogens is 2. The van der Waals surface area contributed by atoms with Crippen LogP contribution in [-0.2, 0) is 27.4 Å². The molecule has 4 aromatic rings. The first-order valence-electron chi connectivity index (χ1n) is 13.1. The second kappa shape index (κ2) is 14.2. The molecule has 1 unspecified atom stereocenters. The van der Waals surface area contributed by atoms with E-state index in [2.05, 4.69) is 15.3 Å². The number of rotatable bonds is 13. The molecule has 0 aliphatic rings. The number of halogens is 4. The molecular weight excluding hydrogens is 626 g/mol. The predicted molar refractivity (Wildman–Crippen MR) is 154 cm³/mol. The normalized spacial score (nSPS) is 12.6. The van der Waals surface area contributed by atoms with Gasteiger partial charge in [-0.25, -0.2) is 17.8 Å². The van der Waals surface area contributed by atoms with E-state index >= 15 is 0 Å². The van der Waals surface area contributed by atoms with Gasteiger partial charge < -0.3 is 19.9 Å². The summed E-state index contributed by atoms with van der Waals surface area (Å²) >= 11 is 1.04. The van der Waals surface area contributed by atoms with Crippen LogP contribution < -0.4 is 10.1 Å². The maximum absolute atomic E-state index is 12.9. The molecule has 9 nitrogen and oxygen atoms in total. The quantitative estimate of drug-likeness (QED) is 0.138. The summed E-state index contributed by atoms with van der Waals surface area (Å²) in [6.07, 6.45) is -3.20. The first-order valence-corrected chi connectivity index (χ1v) is 15.6. The minimum Gasteiger partial charge on any atom is -0.431 e. The van der Waals surface area contributed by atoms with Gasteiger partial charge in [-0.15, -0.1) is 0 Å². The lowest BCUT2D eigenvalue weighted by molar-refractivity contribution is -0.137. The molecule has 44 heavy (non-hydrogen) atoms. The monoisotopic (exact) mass is 653 g/mol. The van der Waals surface area contributed by atoms with Crippen LogP contribution in [0.3, 0.4) is 0 Å². The molecule has 4 rings (SSSR count). The Morgan fingerprint density at radius 1 is 1.07 bits per heavy atom. The van der Waals surface area contributed by atoms with E-state index in [-0.39, 0.29) is 40.4 Å². The van der Waals surface area contributed by atoms with Crippen molar-refractivity contribution in [2.24, 2.45) is 0 Å². The van der Waals surface area contributed by atoms with Gasteiger partial charge in [0.05, 0.1) is 58.2 Å². The fourth-order valence-electron chi connectivity index (χ4n) is 3.92. The highest BCUT2D eigenvalue weighted by Gasteiger charge is 2.30. The number of amides is 1. The minimum absolute atomic E-state index is 0.0340. The fourth-order valence-corrected chi connectivity index (χ4v) is 5.68. The van der Waals surface area contributed by atoms with Crippen molar-refractivity contribution >= 4 is 27.1 Å². The van der Waals surface area contributed by atoms with Gasteiger partial charge in [0.1, 0.15) is 18.1 Å². The Kier molecular flexibility index (Phi) is 10.7. The van der Waals surface area contributed by atoms with Crippen LogP contribution in [0.1, 0.15) is 39.3 Å². The number of carbonyl (C=O) groups is 1. The van der Waals surface area contributed by atoms with Gasteiger partial charge in [-0.3, -0.25) is 9.78 Å². The molecule has 0 saturated heterocycles. The van der Waals surface area contributed by atoms with Crippen molar-refractivity contribution in [3.63, 3.8) is 0 Å². The Morgan fingerprint density at radius 2 is 1.77 bits per heavy atom. The van der Waals surface area contributed by atoms with Crippen LogP contribution in [0.4, 0.5) is 17.6 Å². The number of aliphatic hydroxyl groups excluding tert-OH is 1. The second-order valence-corrected chi connectivity index (χ2v) is 12.6. The van der Waals surface area contributed by atoms with Gasteiger partial charge in [0.2, 0.25) is 0 Å². The van der Waals surface area contributed by atoms with E-state index in [1.54, 1.807) is 0 Å². The summed E-state index contributed by atoms with van der Waals surface area (Å²) in [4.78, 5) is 22.3. The van der Waals surface area contributed by atoms with Crippen LogP contribution in [0.25, 0.3) is 11.4 Å². The highest BCUT2D eigenvalue weighted by Crippen LogP contribution is 2.36. The number of carbonyl (C=O) groups excluding carboxylic acids is 1. The number of alkyl halides is 4. The SMILES string of the molecule is CCS(=O)(=O)c1ccc(C(CO)NC(=O)c2ccc(-c3nc(Oc4ccc(C(F)(F)F)cc4)sc3COCCF)nc2)cc1. The first kappa shape index (κ1) is 33.0. The van der Waals surface area contributed by atoms with Crippen LogP contribution in [0.5, 0.6) is 10.9 Å². The number of hydrogen-bond donors (Lipinski definition) is 2. The molecule has 0 aliphatic carbocycles. The number of benzene rings is 2. The van der Waals surface area contributed by atoms with Gasteiger partial charge in [-0.2, -0.15) is 13.2 Å². The number of ether oxygens (including phenoxy) is 2. The Labute approximate surface area is 254 Å². The molecule has 1 amide bonds. The molecule has 1 atom stereocenters. The number of pyridine rings is 1. The third kappa shape index (κ3) is 8.16. The topological polar surface area (TPSA) is 128 Å². The standard InChI is InChI=1S/C29H27F4N3O6S2/c1-2-44(39,40)22-10-3-18(4-11-22)24(16-37)35-27(38)19-5-12-23(34-15-19)26-25(17-41-14-13-30)43-28(36-26)42-21-8-6-20(7-9-21)29(31,32)33/h3-12,15,24,37H,2,13-14,16-17H2,1H3,(H,35,38). The number of sulfone groups is 1. The van der Waals surface area contributed by atoms with Crippen molar-refractivity contribution in [3.05, 3.63) is 88.4 Å². The lowest BCUT2D eigenvalue weighted by Crippen LogP contribution is -2.30. The van der Waals surface area contributed by atoms with E-state index in [0.717, 1.165) is 35.6 Å². The molecule has 0 spiro atoms. The van der Waals surface area contributed by atoms with E-state index in [4.69, 9.17) is 9.47 Å². The van der Waals surface area contributed by atoms with Crippen molar-refractivity contribution in [2.75, 3.05) is 25.6 Å². The minimum atomic E-state index is -4.49. The van der Waals surface area contributed by atoms with E-state index in [0.29, 0.717) is 21.8 Å². The van der Waals surface area contributed by atoms with Crippen LogP contribution >= 0.6 is 11.3 Å². The molecule has 15 heteroatoms. The molecule has 2 aromatic carbocycles. The second-order valence-electron chi connectivity index (χ2n) is 9.23. The molecule has 0 radical (unpaired) electrons. The van der Waals surface area contributed by atoms with Crippen LogP contribution in [0, 0.1) is 0 Å². The number of thiazole rings is 1. The van der Waals surface area contributed by atoms with Crippen molar-refractivity contribution in [1.82, 2.24) is 15.3 Å². The molecule has 0 saturated carbocycles. The number of hydrogen-bond acceptors (Lipinski definition) is 9. The van der Waals surface area contributed by atoms with E-state index in [1.807, 2.05) is 0 Å². The van der Waals surface area contributed by atoms with Crippen molar-refractivity contribution in [1.29, 1.82) is 0 Å². The van der Waals surface area contributed by atoms with Gasteiger partial charge >= 0.3 is 6.18 Å². The third-order valence-corrected chi connectivity index (χ3v) is 8.95. The zero-order valence-corrected chi connectivity index (χ0v) is 24.8. The van der Waals surface area contributed by atoms with Gasteiger partial charge in [0.15, 0.2) is 9.84 Å². The molecule has 0 aliphatic heterocycles. The highest BCUT2D eigenvalue weighted by molar-refractivity contribution is 7.91. The highest BCUT2D eigenvalue weighted by atomic mass is 32.2. The summed E-state index contributed by atoms with van der Waals surface area (Å²) in [6.45, 7) is 0.183. The zero-order chi connectivity index (χ0) is 31.9. The zero-order valence-electron chi connectivity index (χ0n) is 23.2. The van der Waals surface area contributed by atoms with Crippen LogP contribution in [0.2, 0.25) is 0 Å². The van der Waals surface area contributed by atoms with Gasteiger partial charge in [0.25, 0.3) is 11.1 Å². The lowest BCUT2D eigenvalue weighted by atomic mass is 10.1. The average molecular weight is 654 g/mol.